The zero-order valence-corrected chi connectivity index (χ0v) is 12.2. The molecule has 0 saturated carbocycles. The van der Waals surface area contributed by atoms with E-state index in [2.05, 4.69) is 9.71 Å². The van der Waals surface area contributed by atoms with Crippen LogP contribution in [0.5, 0.6) is 0 Å². The highest BCUT2D eigenvalue weighted by atomic mass is 32.2. The van der Waals surface area contributed by atoms with Crippen LogP contribution in [0.1, 0.15) is 10.4 Å². The predicted molar refractivity (Wildman–Crippen MR) is 84.4 cm³/mol. The lowest BCUT2D eigenvalue weighted by atomic mass is 10.2. The van der Waals surface area contributed by atoms with Gasteiger partial charge in [-0.1, -0.05) is 18.2 Å². The van der Waals surface area contributed by atoms with Crippen LogP contribution in [0.15, 0.2) is 65.7 Å². The summed E-state index contributed by atoms with van der Waals surface area (Å²) in [5.74, 6) is 0. The van der Waals surface area contributed by atoms with Crippen LogP contribution in [-0.2, 0) is 10.0 Å². The Kier molecular flexibility index (Phi) is 3.60. The van der Waals surface area contributed by atoms with E-state index in [0.717, 1.165) is 5.39 Å². The molecule has 3 rings (SSSR count). The van der Waals surface area contributed by atoms with Gasteiger partial charge in [0.05, 0.1) is 5.52 Å². The molecule has 1 aromatic heterocycles. The number of para-hydroxylation sites is 1. The molecule has 0 spiro atoms. The van der Waals surface area contributed by atoms with Gasteiger partial charge in [-0.05, 0) is 36.4 Å². The number of nitrogens with one attached hydrogen (secondary N) is 1. The highest BCUT2D eigenvalue weighted by molar-refractivity contribution is 7.93. The minimum absolute atomic E-state index is 0.116. The molecule has 0 aliphatic rings. The van der Waals surface area contributed by atoms with Gasteiger partial charge in [-0.2, -0.15) is 0 Å². The van der Waals surface area contributed by atoms with Crippen molar-refractivity contribution in [3.63, 3.8) is 0 Å². The fraction of sp³-hybridized carbons (Fsp3) is 0. The summed E-state index contributed by atoms with van der Waals surface area (Å²) in [6.45, 7) is 0. The Labute approximate surface area is 127 Å². The molecule has 22 heavy (non-hydrogen) atoms. The number of aldehydes is 1. The fourth-order valence-electron chi connectivity index (χ4n) is 2.13. The van der Waals surface area contributed by atoms with Crippen LogP contribution >= 0.6 is 0 Å². The monoisotopic (exact) mass is 312 g/mol. The normalized spacial score (nSPS) is 11.3. The van der Waals surface area contributed by atoms with Crippen molar-refractivity contribution in [3.05, 3.63) is 66.4 Å². The van der Waals surface area contributed by atoms with Crippen LogP contribution < -0.4 is 4.72 Å². The summed E-state index contributed by atoms with van der Waals surface area (Å²) in [5.41, 5.74) is 1.29. The van der Waals surface area contributed by atoms with Crippen LogP contribution in [-0.4, -0.2) is 19.7 Å². The molecule has 0 saturated heterocycles. The number of hydrogen-bond acceptors (Lipinski definition) is 4. The van der Waals surface area contributed by atoms with Crippen molar-refractivity contribution >= 4 is 32.9 Å². The van der Waals surface area contributed by atoms with Crippen molar-refractivity contribution in [2.24, 2.45) is 0 Å². The molecule has 1 heterocycles. The number of fused-ring (bicyclic) bond motifs is 1. The Balaban J connectivity index is 2.02. The lowest BCUT2D eigenvalue weighted by Crippen LogP contribution is -2.13. The third-order valence-electron chi connectivity index (χ3n) is 3.18. The summed E-state index contributed by atoms with van der Waals surface area (Å²) in [5, 5.41) is 0.752. The maximum Gasteiger partial charge on any atom is 0.264 e. The summed E-state index contributed by atoms with van der Waals surface area (Å²) in [4.78, 5) is 14.9. The fourth-order valence-corrected chi connectivity index (χ4v) is 3.37. The quantitative estimate of drug-likeness (QED) is 0.752. The van der Waals surface area contributed by atoms with E-state index < -0.39 is 10.0 Å². The number of nitrogens with zero attached hydrogens (tertiary/aromatic N) is 1. The zero-order valence-electron chi connectivity index (χ0n) is 11.4. The van der Waals surface area contributed by atoms with E-state index in [1.807, 2.05) is 0 Å². The SMILES string of the molecule is O=Cc1ccc(NS(=O)(=O)c2cccc3cccnc23)cc1. The Bertz CT molecular complexity index is 930. The second-order valence-electron chi connectivity index (χ2n) is 4.68. The zero-order chi connectivity index (χ0) is 15.6. The van der Waals surface area contributed by atoms with E-state index in [1.54, 1.807) is 54.7 Å². The topological polar surface area (TPSA) is 76.1 Å². The number of carbonyl (C=O) groups is 1. The van der Waals surface area contributed by atoms with Gasteiger partial charge in [-0.3, -0.25) is 14.5 Å². The number of benzene rings is 2. The predicted octanol–water partition coefficient (Wildman–Crippen LogP) is 2.85. The first-order valence-electron chi connectivity index (χ1n) is 6.52. The largest absolute Gasteiger partial charge is 0.298 e. The first-order chi connectivity index (χ1) is 10.6. The molecule has 0 aliphatic carbocycles. The van der Waals surface area contributed by atoms with E-state index in [0.29, 0.717) is 23.1 Å². The minimum Gasteiger partial charge on any atom is -0.298 e. The molecule has 0 unspecified atom stereocenters. The van der Waals surface area contributed by atoms with Gasteiger partial charge >= 0.3 is 0 Å². The van der Waals surface area contributed by atoms with E-state index in [-0.39, 0.29) is 4.90 Å². The summed E-state index contributed by atoms with van der Waals surface area (Å²) >= 11 is 0. The molecule has 110 valence electrons. The lowest BCUT2D eigenvalue weighted by molar-refractivity contribution is 0.112. The second-order valence-corrected chi connectivity index (χ2v) is 6.33. The van der Waals surface area contributed by atoms with Gasteiger partial charge in [0.2, 0.25) is 0 Å². The van der Waals surface area contributed by atoms with Crippen LogP contribution in [0.3, 0.4) is 0 Å². The molecule has 2 aromatic carbocycles. The molecule has 0 bridgehead atoms. The summed E-state index contributed by atoms with van der Waals surface area (Å²) in [6.07, 6.45) is 2.26. The highest BCUT2D eigenvalue weighted by Crippen LogP contribution is 2.23. The molecule has 1 N–H and O–H groups in total. The maximum atomic E-state index is 12.5. The van der Waals surface area contributed by atoms with E-state index in [1.165, 1.54) is 6.07 Å². The molecular weight excluding hydrogens is 300 g/mol. The van der Waals surface area contributed by atoms with Crippen molar-refractivity contribution in [2.45, 2.75) is 4.90 Å². The van der Waals surface area contributed by atoms with Crippen molar-refractivity contribution in [3.8, 4) is 0 Å². The molecule has 0 radical (unpaired) electrons. The summed E-state index contributed by atoms with van der Waals surface area (Å²) in [7, 11) is -3.76. The number of rotatable bonds is 4. The molecule has 6 heteroatoms. The number of sulfonamides is 1. The van der Waals surface area contributed by atoms with Crippen molar-refractivity contribution in [1.29, 1.82) is 0 Å². The molecule has 0 atom stereocenters. The van der Waals surface area contributed by atoms with Crippen molar-refractivity contribution < 1.29 is 13.2 Å². The Morgan fingerprint density at radius 2 is 1.68 bits per heavy atom. The molecular formula is C16H12N2O3S. The molecule has 0 aliphatic heterocycles. The Hall–Kier alpha value is -2.73. The third-order valence-corrected chi connectivity index (χ3v) is 4.60. The van der Waals surface area contributed by atoms with Gasteiger partial charge in [0.25, 0.3) is 10.0 Å². The number of anilines is 1. The van der Waals surface area contributed by atoms with Gasteiger partial charge in [-0.15, -0.1) is 0 Å². The van der Waals surface area contributed by atoms with Crippen LogP contribution in [0.2, 0.25) is 0 Å². The Morgan fingerprint density at radius 3 is 2.41 bits per heavy atom. The van der Waals surface area contributed by atoms with Gasteiger partial charge in [0.1, 0.15) is 11.2 Å². The van der Waals surface area contributed by atoms with Gasteiger partial charge in [-0.25, -0.2) is 8.42 Å². The van der Waals surface area contributed by atoms with Gasteiger partial charge in [0, 0.05) is 22.8 Å². The molecule has 0 amide bonds. The van der Waals surface area contributed by atoms with E-state index in [4.69, 9.17) is 0 Å². The molecule has 3 aromatic rings. The maximum absolute atomic E-state index is 12.5. The van der Waals surface area contributed by atoms with E-state index in [9.17, 15) is 13.2 Å². The van der Waals surface area contributed by atoms with E-state index >= 15 is 0 Å². The Morgan fingerprint density at radius 1 is 0.955 bits per heavy atom. The first kappa shape index (κ1) is 14.2. The number of carbonyl (C=O) groups excluding carboxylic acids is 1. The summed E-state index contributed by atoms with van der Waals surface area (Å²) in [6, 6.07) is 14.7. The third kappa shape index (κ3) is 2.68. The lowest BCUT2D eigenvalue weighted by Gasteiger charge is -2.10. The average molecular weight is 312 g/mol. The summed E-state index contributed by atoms with van der Waals surface area (Å²) < 4.78 is 27.6. The van der Waals surface area contributed by atoms with Crippen LogP contribution in [0, 0.1) is 0 Å². The second kappa shape index (κ2) is 5.57. The van der Waals surface area contributed by atoms with Crippen molar-refractivity contribution in [2.75, 3.05) is 4.72 Å². The number of aromatic nitrogens is 1. The standard InChI is InChI=1S/C16H12N2O3S/c19-11-12-6-8-14(9-7-12)18-22(20,21)15-5-1-3-13-4-2-10-17-16(13)15/h1-11,18H. The first-order valence-corrected chi connectivity index (χ1v) is 8.00. The average Bonchev–Trinajstić information content (AvgIpc) is 2.54. The van der Waals surface area contributed by atoms with Gasteiger partial charge < -0.3 is 0 Å². The smallest absolute Gasteiger partial charge is 0.264 e. The number of hydrogen-bond donors (Lipinski definition) is 1. The van der Waals surface area contributed by atoms with Gasteiger partial charge in [0.15, 0.2) is 0 Å². The molecule has 0 fully saturated rings. The minimum atomic E-state index is -3.76. The van der Waals surface area contributed by atoms with Crippen molar-refractivity contribution in [1.82, 2.24) is 4.98 Å². The highest BCUT2D eigenvalue weighted by Gasteiger charge is 2.18. The molecule has 5 nitrogen and oxygen atoms in total. The van der Waals surface area contributed by atoms with Crippen LogP contribution in [0.4, 0.5) is 5.69 Å². The number of pyridine rings is 1. The van der Waals surface area contributed by atoms with Crippen LogP contribution in [0.25, 0.3) is 10.9 Å².